The number of benzene rings is 1. The van der Waals surface area contributed by atoms with Gasteiger partial charge in [-0.3, -0.25) is 0 Å². The molecule has 1 unspecified atom stereocenters. The van der Waals surface area contributed by atoms with Crippen molar-refractivity contribution in [2.75, 3.05) is 6.61 Å². The first-order chi connectivity index (χ1) is 10.2. The van der Waals surface area contributed by atoms with Crippen LogP contribution in [0.1, 0.15) is 18.7 Å². The standard InChI is InChI=1S/C14H16Cl2N4O/c15-11-2-1-3-12(16)14(11)21-7-6-10(17)4-5-13-19-8-18-9-20-13/h1-3,8-10H,4-7,17H2. The maximum atomic E-state index is 6.04. The van der Waals surface area contributed by atoms with Crippen LogP contribution in [0, 0.1) is 0 Å². The van der Waals surface area contributed by atoms with Crippen molar-refractivity contribution >= 4 is 23.2 Å². The van der Waals surface area contributed by atoms with Gasteiger partial charge in [0.25, 0.3) is 0 Å². The molecule has 0 aliphatic carbocycles. The zero-order chi connectivity index (χ0) is 15.1. The van der Waals surface area contributed by atoms with E-state index in [0.717, 1.165) is 18.7 Å². The summed E-state index contributed by atoms with van der Waals surface area (Å²) >= 11 is 12.0. The Morgan fingerprint density at radius 3 is 2.43 bits per heavy atom. The van der Waals surface area contributed by atoms with Crippen molar-refractivity contribution in [2.45, 2.75) is 25.3 Å². The quantitative estimate of drug-likeness (QED) is 0.846. The Hall–Kier alpha value is -1.43. The number of para-hydroxylation sites is 1. The lowest BCUT2D eigenvalue weighted by atomic mass is 10.1. The van der Waals surface area contributed by atoms with Gasteiger partial charge in [-0.15, -0.1) is 0 Å². The number of nitrogens with zero attached hydrogens (tertiary/aromatic N) is 3. The van der Waals surface area contributed by atoms with E-state index in [1.807, 2.05) is 0 Å². The molecule has 7 heteroatoms. The van der Waals surface area contributed by atoms with Crippen molar-refractivity contribution in [3.05, 3.63) is 46.7 Å². The van der Waals surface area contributed by atoms with Gasteiger partial charge in [0.2, 0.25) is 0 Å². The van der Waals surface area contributed by atoms with Crippen molar-refractivity contribution in [1.29, 1.82) is 0 Å². The Bertz CT molecular complexity index is 548. The molecule has 2 aromatic rings. The van der Waals surface area contributed by atoms with Crippen LogP contribution in [0.3, 0.4) is 0 Å². The summed E-state index contributed by atoms with van der Waals surface area (Å²) in [5.41, 5.74) is 6.04. The Kier molecular flexibility index (Phi) is 6.17. The molecule has 0 radical (unpaired) electrons. The zero-order valence-electron chi connectivity index (χ0n) is 11.4. The second kappa shape index (κ2) is 8.12. The SMILES string of the molecule is NC(CCOc1c(Cl)cccc1Cl)CCc1ncncn1. The maximum Gasteiger partial charge on any atom is 0.156 e. The molecule has 0 fully saturated rings. The molecule has 0 aliphatic rings. The molecule has 0 saturated carbocycles. The first-order valence-electron chi connectivity index (χ1n) is 6.60. The van der Waals surface area contributed by atoms with Gasteiger partial charge in [0.05, 0.1) is 16.7 Å². The number of rotatable bonds is 7. The monoisotopic (exact) mass is 326 g/mol. The Morgan fingerprint density at radius 2 is 1.76 bits per heavy atom. The number of halogens is 2. The molecule has 0 aliphatic heterocycles. The molecule has 2 N–H and O–H groups in total. The minimum absolute atomic E-state index is 0.00280. The van der Waals surface area contributed by atoms with Crippen LogP contribution < -0.4 is 10.5 Å². The van der Waals surface area contributed by atoms with Crippen LogP contribution >= 0.6 is 23.2 Å². The van der Waals surface area contributed by atoms with Crippen LogP contribution in [0.25, 0.3) is 0 Å². The van der Waals surface area contributed by atoms with Gasteiger partial charge in [0, 0.05) is 12.5 Å². The molecule has 1 atom stereocenters. The zero-order valence-corrected chi connectivity index (χ0v) is 12.9. The summed E-state index contributed by atoms with van der Waals surface area (Å²) in [4.78, 5) is 11.9. The van der Waals surface area contributed by atoms with Gasteiger partial charge in [0.15, 0.2) is 5.75 Å². The van der Waals surface area contributed by atoms with E-state index < -0.39 is 0 Å². The number of hydrogen-bond donors (Lipinski definition) is 1. The summed E-state index contributed by atoms with van der Waals surface area (Å²) < 4.78 is 5.61. The van der Waals surface area contributed by atoms with Crippen LogP contribution in [0.5, 0.6) is 5.75 Å². The van der Waals surface area contributed by atoms with E-state index in [9.17, 15) is 0 Å². The number of hydrogen-bond acceptors (Lipinski definition) is 5. The largest absolute Gasteiger partial charge is 0.490 e. The van der Waals surface area contributed by atoms with E-state index in [0.29, 0.717) is 28.8 Å². The third-order valence-electron chi connectivity index (χ3n) is 2.94. The maximum absolute atomic E-state index is 6.04. The Balaban J connectivity index is 1.73. The predicted molar refractivity (Wildman–Crippen MR) is 82.7 cm³/mol. The second-order valence-corrected chi connectivity index (χ2v) is 5.36. The fourth-order valence-electron chi connectivity index (χ4n) is 1.78. The van der Waals surface area contributed by atoms with Crippen LogP contribution in [-0.4, -0.2) is 27.6 Å². The number of aromatic nitrogens is 3. The summed E-state index contributed by atoms with van der Waals surface area (Å²) in [6.45, 7) is 0.460. The molecule has 0 bridgehead atoms. The number of aryl methyl sites for hydroxylation is 1. The molecular formula is C14H16Cl2N4O. The van der Waals surface area contributed by atoms with E-state index in [1.165, 1.54) is 12.7 Å². The molecule has 1 aromatic heterocycles. The number of nitrogens with two attached hydrogens (primary N) is 1. The Morgan fingerprint density at radius 1 is 1.10 bits per heavy atom. The number of ether oxygens (including phenoxy) is 1. The van der Waals surface area contributed by atoms with E-state index >= 15 is 0 Å². The van der Waals surface area contributed by atoms with Crippen molar-refractivity contribution in [3.63, 3.8) is 0 Å². The average molecular weight is 327 g/mol. The van der Waals surface area contributed by atoms with Crippen molar-refractivity contribution in [1.82, 2.24) is 15.0 Å². The lowest BCUT2D eigenvalue weighted by molar-refractivity contribution is 0.294. The van der Waals surface area contributed by atoms with Gasteiger partial charge < -0.3 is 10.5 Å². The van der Waals surface area contributed by atoms with E-state index in [-0.39, 0.29) is 6.04 Å². The lowest BCUT2D eigenvalue weighted by Crippen LogP contribution is -2.23. The smallest absolute Gasteiger partial charge is 0.156 e. The van der Waals surface area contributed by atoms with Gasteiger partial charge in [-0.05, 0) is 25.0 Å². The normalized spacial score (nSPS) is 12.1. The van der Waals surface area contributed by atoms with Crippen molar-refractivity contribution < 1.29 is 4.74 Å². The second-order valence-electron chi connectivity index (χ2n) is 4.54. The lowest BCUT2D eigenvalue weighted by Gasteiger charge is -2.13. The minimum atomic E-state index is 0.00280. The molecule has 1 heterocycles. The molecule has 21 heavy (non-hydrogen) atoms. The summed E-state index contributed by atoms with van der Waals surface area (Å²) in [5.74, 6) is 1.25. The highest BCUT2D eigenvalue weighted by molar-refractivity contribution is 6.37. The van der Waals surface area contributed by atoms with E-state index in [1.54, 1.807) is 18.2 Å². The van der Waals surface area contributed by atoms with Crippen molar-refractivity contribution in [2.24, 2.45) is 5.73 Å². The van der Waals surface area contributed by atoms with Crippen LogP contribution in [-0.2, 0) is 6.42 Å². The predicted octanol–water partition coefficient (Wildman–Crippen LogP) is 2.91. The van der Waals surface area contributed by atoms with Crippen LogP contribution in [0.15, 0.2) is 30.9 Å². The summed E-state index contributed by atoms with van der Waals surface area (Å²) in [6, 6.07) is 5.26. The first-order valence-corrected chi connectivity index (χ1v) is 7.35. The third kappa shape index (κ3) is 5.12. The van der Waals surface area contributed by atoms with E-state index in [4.69, 9.17) is 33.7 Å². The molecular weight excluding hydrogens is 311 g/mol. The van der Waals surface area contributed by atoms with Gasteiger partial charge in [-0.1, -0.05) is 29.3 Å². The molecule has 0 amide bonds. The third-order valence-corrected chi connectivity index (χ3v) is 3.53. The summed E-state index contributed by atoms with van der Waals surface area (Å²) in [5, 5.41) is 1.00. The van der Waals surface area contributed by atoms with Crippen LogP contribution in [0.2, 0.25) is 10.0 Å². The molecule has 0 spiro atoms. The molecule has 1 aromatic carbocycles. The van der Waals surface area contributed by atoms with Gasteiger partial charge in [-0.2, -0.15) is 0 Å². The highest BCUT2D eigenvalue weighted by Gasteiger charge is 2.09. The van der Waals surface area contributed by atoms with E-state index in [2.05, 4.69) is 15.0 Å². The molecule has 0 saturated heterocycles. The summed E-state index contributed by atoms with van der Waals surface area (Å²) in [6.07, 6.45) is 5.17. The minimum Gasteiger partial charge on any atom is -0.490 e. The highest BCUT2D eigenvalue weighted by Crippen LogP contribution is 2.32. The fraction of sp³-hybridized carbons (Fsp3) is 0.357. The first kappa shape index (κ1) is 15.9. The Labute approximate surface area is 133 Å². The molecule has 5 nitrogen and oxygen atoms in total. The average Bonchev–Trinajstić information content (AvgIpc) is 2.49. The molecule has 2 rings (SSSR count). The summed E-state index contributed by atoms with van der Waals surface area (Å²) in [7, 11) is 0. The topological polar surface area (TPSA) is 73.9 Å². The van der Waals surface area contributed by atoms with Gasteiger partial charge in [0.1, 0.15) is 18.5 Å². The molecule has 112 valence electrons. The van der Waals surface area contributed by atoms with Gasteiger partial charge >= 0.3 is 0 Å². The van der Waals surface area contributed by atoms with Crippen LogP contribution in [0.4, 0.5) is 0 Å². The highest BCUT2D eigenvalue weighted by atomic mass is 35.5. The van der Waals surface area contributed by atoms with Gasteiger partial charge in [-0.25, -0.2) is 15.0 Å². The van der Waals surface area contributed by atoms with Crippen molar-refractivity contribution in [3.8, 4) is 5.75 Å². The fourth-order valence-corrected chi connectivity index (χ4v) is 2.29.